The fraction of sp³-hybridized carbons (Fsp3) is 0.417. The molecule has 7 nitrogen and oxygen atoms in total. The summed E-state index contributed by atoms with van der Waals surface area (Å²) in [6.07, 6.45) is 3.17. The number of carbonyl (C=O) groups is 1. The number of halogens is 1. The highest BCUT2D eigenvalue weighted by Crippen LogP contribution is 2.29. The molecule has 1 aliphatic heterocycles. The first-order chi connectivity index (χ1) is 15.1. The minimum atomic E-state index is 0. The second-order valence-corrected chi connectivity index (χ2v) is 7.63. The summed E-state index contributed by atoms with van der Waals surface area (Å²) in [6.45, 7) is 1.82. The Morgan fingerprint density at radius 1 is 1.06 bits per heavy atom. The van der Waals surface area contributed by atoms with Crippen molar-refractivity contribution in [2.45, 2.75) is 19.3 Å². The summed E-state index contributed by atoms with van der Waals surface area (Å²) in [5, 5.41) is 6.29. The van der Waals surface area contributed by atoms with Gasteiger partial charge in [-0.05, 0) is 42.9 Å². The number of nitrogens with one attached hydrogen (secondary N) is 2. The average Bonchev–Trinajstić information content (AvgIpc) is 2.82. The number of rotatable bonds is 7. The van der Waals surface area contributed by atoms with Crippen molar-refractivity contribution < 1.29 is 14.3 Å². The van der Waals surface area contributed by atoms with E-state index in [2.05, 4.69) is 39.9 Å². The van der Waals surface area contributed by atoms with E-state index in [0.29, 0.717) is 23.4 Å². The lowest BCUT2D eigenvalue weighted by molar-refractivity contribution is -0.131. The molecule has 3 rings (SSSR count). The number of ether oxygens (including phenoxy) is 2. The Hall–Kier alpha value is -2.49. The molecule has 0 bridgehead atoms. The zero-order valence-corrected chi connectivity index (χ0v) is 21.3. The Labute approximate surface area is 207 Å². The van der Waals surface area contributed by atoms with Crippen LogP contribution in [0.4, 0.5) is 5.69 Å². The summed E-state index contributed by atoms with van der Waals surface area (Å²) in [4.78, 5) is 18.8. The number of guanidine groups is 1. The number of hydrogen-bond donors (Lipinski definition) is 2. The van der Waals surface area contributed by atoms with Gasteiger partial charge in [-0.25, -0.2) is 0 Å². The summed E-state index contributed by atoms with van der Waals surface area (Å²) in [5.41, 5.74) is 2.17. The predicted octanol–water partition coefficient (Wildman–Crippen LogP) is 3.79. The molecule has 1 amide bonds. The number of anilines is 1. The first-order valence-corrected chi connectivity index (χ1v) is 10.6. The van der Waals surface area contributed by atoms with Crippen molar-refractivity contribution in [3.05, 3.63) is 54.1 Å². The minimum Gasteiger partial charge on any atom is -0.493 e. The third-order valence-corrected chi connectivity index (χ3v) is 5.61. The molecule has 0 atom stereocenters. The maximum Gasteiger partial charge on any atom is 0.241 e. The van der Waals surface area contributed by atoms with Crippen LogP contribution in [0.1, 0.15) is 18.4 Å². The number of nitrogens with zero attached hydrogens (tertiary/aromatic N) is 2. The van der Waals surface area contributed by atoms with Crippen molar-refractivity contribution in [3.63, 3.8) is 0 Å². The Bertz CT molecular complexity index is 884. The molecule has 0 aromatic heterocycles. The molecule has 1 heterocycles. The van der Waals surface area contributed by atoms with Crippen molar-refractivity contribution in [2.24, 2.45) is 10.9 Å². The predicted molar refractivity (Wildman–Crippen MR) is 139 cm³/mol. The van der Waals surface area contributed by atoms with Gasteiger partial charge in [0.2, 0.25) is 5.91 Å². The number of piperidine rings is 1. The molecule has 2 aromatic carbocycles. The fourth-order valence-corrected chi connectivity index (χ4v) is 3.83. The van der Waals surface area contributed by atoms with Gasteiger partial charge in [0.05, 0.1) is 20.8 Å². The molecule has 0 spiro atoms. The van der Waals surface area contributed by atoms with Crippen LogP contribution in [0.15, 0.2) is 53.5 Å². The summed E-state index contributed by atoms with van der Waals surface area (Å²) in [7, 11) is 4.87. The second-order valence-electron chi connectivity index (χ2n) is 7.63. The van der Waals surface area contributed by atoms with Crippen LogP contribution in [-0.4, -0.2) is 57.7 Å². The Balaban J connectivity index is 0.00000363. The largest absolute Gasteiger partial charge is 0.493 e. The molecule has 8 heteroatoms. The molecule has 0 unspecified atom stereocenters. The maximum absolute atomic E-state index is 12.7. The standard InChI is InChI=1S/C24H32N4O3.HI/c1-25-24(27-20-9-10-21(30-2)22(16-20)31-3)26-17-23(29)28-13-11-19(12-14-28)15-18-7-5-4-6-8-18;/h4-10,16,19H,11-15,17H2,1-3H3,(H2,25,26,27);1H. The highest BCUT2D eigenvalue weighted by molar-refractivity contribution is 14.0. The summed E-state index contributed by atoms with van der Waals surface area (Å²) in [5.74, 6) is 2.53. The van der Waals surface area contributed by atoms with Gasteiger partial charge in [-0.1, -0.05) is 30.3 Å². The van der Waals surface area contributed by atoms with Crippen molar-refractivity contribution in [1.82, 2.24) is 10.2 Å². The van der Waals surface area contributed by atoms with E-state index < -0.39 is 0 Å². The van der Waals surface area contributed by atoms with Gasteiger partial charge in [0.25, 0.3) is 0 Å². The van der Waals surface area contributed by atoms with E-state index in [-0.39, 0.29) is 36.4 Å². The Morgan fingerprint density at radius 3 is 2.38 bits per heavy atom. The highest BCUT2D eigenvalue weighted by atomic mass is 127. The molecule has 1 fully saturated rings. The van der Waals surface area contributed by atoms with E-state index in [0.717, 1.165) is 38.0 Å². The monoisotopic (exact) mass is 552 g/mol. The summed E-state index contributed by atoms with van der Waals surface area (Å²) in [6, 6.07) is 16.1. The van der Waals surface area contributed by atoms with Gasteiger partial charge >= 0.3 is 0 Å². The van der Waals surface area contributed by atoms with Gasteiger partial charge in [0, 0.05) is 31.9 Å². The fourth-order valence-electron chi connectivity index (χ4n) is 3.83. The third-order valence-electron chi connectivity index (χ3n) is 5.61. The van der Waals surface area contributed by atoms with Gasteiger partial charge in [-0.2, -0.15) is 0 Å². The van der Waals surface area contributed by atoms with E-state index in [9.17, 15) is 4.79 Å². The molecule has 0 saturated carbocycles. The molecule has 174 valence electrons. The summed E-state index contributed by atoms with van der Waals surface area (Å²) < 4.78 is 10.6. The SMILES string of the molecule is CN=C(NCC(=O)N1CCC(Cc2ccccc2)CC1)Nc1ccc(OC)c(OC)c1.I. The second kappa shape index (κ2) is 13.1. The normalized spacial score (nSPS) is 14.3. The zero-order valence-electron chi connectivity index (χ0n) is 19.0. The van der Waals surface area contributed by atoms with Crippen LogP contribution in [0, 0.1) is 5.92 Å². The van der Waals surface area contributed by atoms with Gasteiger partial charge in [0.1, 0.15) is 0 Å². The third kappa shape index (κ3) is 7.29. The number of carbonyl (C=O) groups excluding carboxylic acids is 1. The van der Waals surface area contributed by atoms with Gasteiger partial charge in [-0.15, -0.1) is 24.0 Å². The number of hydrogen-bond acceptors (Lipinski definition) is 4. The lowest BCUT2D eigenvalue weighted by Crippen LogP contribution is -2.45. The molecule has 32 heavy (non-hydrogen) atoms. The molecule has 2 aromatic rings. The molecule has 0 radical (unpaired) electrons. The van der Waals surface area contributed by atoms with Crippen molar-refractivity contribution in [1.29, 1.82) is 0 Å². The molecule has 0 aliphatic carbocycles. The highest BCUT2D eigenvalue weighted by Gasteiger charge is 2.23. The van der Waals surface area contributed by atoms with Crippen molar-refractivity contribution in [3.8, 4) is 11.5 Å². The van der Waals surface area contributed by atoms with Crippen LogP contribution in [0.5, 0.6) is 11.5 Å². The number of benzene rings is 2. The molecular weight excluding hydrogens is 519 g/mol. The van der Waals surface area contributed by atoms with Gasteiger partial charge in [-0.3, -0.25) is 9.79 Å². The van der Waals surface area contributed by atoms with E-state index in [1.54, 1.807) is 21.3 Å². The van der Waals surface area contributed by atoms with Crippen molar-refractivity contribution in [2.75, 3.05) is 46.2 Å². The van der Waals surface area contributed by atoms with E-state index >= 15 is 0 Å². The maximum atomic E-state index is 12.7. The lowest BCUT2D eigenvalue weighted by Gasteiger charge is -2.32. The van der Waals surface area contributed by atoms with Crippen LogP contribution in [-0.2, 0) is 11.2 Å². The molecule has 1 aliphatic rings. The van der Waals surface area contributed by atoms with Crippen LogP contribution >= 0.6 is 24.0 Å². The summed E-state index contributed by atoms with van der Waals surface area (Å²) >= 11 is 0. The molecule has 1 saturated heterocycles. The molecule has 2 N–H and O–H groups in total. The molecular formula is C24H33IN4O3. The number of aliphatic imine (C=N–C) groups is 1. The Morgan fingerprint density at radius 2 is 1.75 bits per heavy atom. The number of amides is 1. The van der Waals surface area contributed by atoms with Crippen LogP contribution in [0.25, 0.3) is 0 Å². The zero-order chi connectivity index (χ0) is 22.1. The Kier molecular flexibility index (Phi) is 10.6. The van der Waals surface area contributed by atoms with Crippen LogP contribution in [0.2, 0.25) is 0 Å². The topological polar surface area (TPSA) is 75.2 Å². The lowest BCUT2D eigenvalue weighted by atomic mass is 9.90. The smallest absolute Gasteiger partial charge is 0.241 e. The van der Waals surface area contributed by atoms with E-state index in [1.165, 1.54) is 5.56 Å². The average molecular weight is 552 g/mol. The van der Waals surface area contributed by atoms with Gasteiger partial charge < -0.3 is 25.0 Å². The minimum absolute atomic E-state index is 0. The van der Waals surface area contributed by atoms with Crippen molar-refractivity contribution >= 4 is 41.5 Å². The van der Waals surface area contributed by atoms with Crippen LogP contribution < -0.4 is 20.1 Å². The van der Waals surface area contributed by atoms with E-state index in [4.69, 9.17) is 9.47 Å². The van der Waals surface area contributed by atoms with Crippen LogP contribution in [0.3, 0.4) is 0 Å². The number of likely N-dealkylation sites (tertiary alicyclic amines) is 1. The van der Waals surface area contributed by atoms with E-state index in [1.807, 2.05) is 29.2 Å². The van der Waals surface area contributed by atoms with Gasteiger partial charge in [0.15, 0.2) is 17.5 Å². The number of methoxy groups -OCH3 is 2. The first-order valence-electron chi connectivity index (χ1n) is 10.6. The quantitative estimate of drug-likeness (QED) is 0.311. The first kappa shape index (κ1) is 25.8.